The summed E-state index contributed by atoms with van der Waals surface area (Å²) in [6.07, 6.45) is -1.09. The van der Waals surface area contributed by atoms with Crippen molar-refractivity contribution in [1.82, 2.24) is 0 Å². The molecule has 0 radical (unpaired) electrons. The third kappa shape index (κ3) is 1.52. The molecule has 54 valence electrons. The summed E-state index contributed by atoms with van der Waals surface area (Å²) in [6.45, 7) is 0. The first-order valence-electron chi connectivity index (χ1n) is 2.89. The summed E-state index contributed by atoms with van der Waals surface area (Å²) in [7, 11) is 0. The van der Waals surface area contributed by atoms with Gasteiger partial charge < -0.3 is 10.8 Å². The Bertz CT molecular complexity index is 225. The zero-order chi connectivity index (χ0) is 7.56. The molecule has 0 unspecified atom stereocenters. The average Bonchev–Trinajstić information content (AvgIpc) is 1.88. The molecule has 0 heterocycles. The number of aliphatic hydroxyl groups excluding tert-OH is 1. The minimum atomic E-state index is -1.09. The van der Waals surface area contributed by atoms with Crippen molar-refractivity contribution in [3.63, 3.8) is 0 Å². The van der Waals surface area contributed by atoms with Crippen molar-refractivity contribution in [2.24, 2.45) is 5.73 Å². The van der Waals surface area contributed by atoms with Crippen molar-refractivity contribution in [3.8, 4) is 0 Å². The smallest absolute Gasteiger partial charge is 0.128 e. The Hall–Kier alpha value is -0.930. The van der Waals surface area contributed by atoms with E-state index < -0.39 is 6.23 Å². The van der Waals surface area contributed by atoms with Crippen molar-refractivity contribution in [2.75, 3.05) is 0 Å². The molecule has 0 aliphatic rings. The Labute approximate surface area is 58.1 Å². The van der Waals surface area contributed by atoms with Crippen molar-refractivity contribution < 1.29 is 9.50 Å². The minimum Gasteiger partial charge on any atom is -0.375 e. The van der Waals surface area contributed by atoms with E-state index in [0.29, 0.717) is 5.56 Å². The minimum absolute atomic E-state index is 0.387. The molecule has 2 nitrogen and oxygen atoms in total. The molecule has 0 fully saturated rings. The van der Waals surface area contributed by atoms with E-state index in [9.17, 15) is 4.39 Å². The number of hydrogen-bond acceptors (Lipinski definition) is 2. The molecule has 0 saturated heterocycles. The Morgan fingerprint density at radius 3 is 2.60 bits per heavy atom. The van der Waals surface area contributed by atoms with Crippen LogP contribution in [0.25, 0.3) is 0 Å². The molecule has 1 aromatic rings. The maximum atomic E-state index is 12.4. The van der Waals surface area contributed by atoms with Crippen LogP contribution in [-0.4, -0.2) is 5.11 Å². The van der Waals surface area contributed by atoms with E-state index in [0.717, 1.165) is 0 Å². The highest BCUT2D eigenvalue weighted by Crippen LogP contribution is 2.07. The standard InChI is InChI=1S/C7H8FNO/c8-6-3-1-2-5(4-6)7(9)10/h1-4,7,10H,9H2/t7-/m1/s1. The summed E-state index contributed by atoms with van der Waals surface area (Å²) in [6, 6.07) is 5.56. The van der Waals surface area contributed by atoms with Crippen molar-refractivity contribution >= 4 is 0 Å². The van der Waals surface area contributed by atoms with E-state index in [1.807, 2.05) is 0 Å². The molecule has 0 spiro atoms. The van der Waals surface area contributed by atoms with Crippen LogP contribution in [0, 0.1) is 5.82 Å². The first kappa shape index (κ1) is 7.18. The molecule has 3 N–H and O–H groups in total. The second-order valence-electron chi connectivity index (χ2n) is 2.00. The maximum absolute atomic E-state index is 12.4. The molecule has 0 bridgehead atoms. The van der Waals surface area contributed by atoms with E-state index in [2.05, 4.69) is 0 Å². The summed E-state index contributed by atoms with van der Waals surface area (Å²) in [5, 5.41) is 8.76. The van der Waals surface area contributed by atoms with Crippen LogP contribution in [0.15, 0.2) is 24.3 Å². The van der Waals surface area contributed by atoms with Crippen LogP contribution in [0.4, 0.5) is 4.39 Å². The predicted octanol–water partition coefficient (Wildman–Crippen LogP) is 0.775. The van der Waals surface area contributed by atoms with Crippen LogP contribution in [-0.2, 0) is 0 Å². The number of nitrogens with two attached hydrogens (primary N) is 1. The van der Waals surface area contributed by atoms with E-state index >= 15 is 0 Å². The maximum Gasteiger partial charge on any atom is 0.128 e. The Morgan fingerprint density at radius 1 is 1.50 bits per heavy atom. The lowest BCUT2D eigenvalue weighted by Crippen LogP contribution is -2.08. The van der Waals surface area contributed by atoms with Gasteiger partial charge in [0.2, 0.25) is 0 Å². The van der Waals surface area contributed by atoms with E-state index in [-0.39, 0.29) is 5.82 Å². The summed E-state index contributed by atoms with van der Waals surface area (Å²) in [5.41, 5.74) is 5.46. The average molecular weight is 141 g/mol. The fourth-order valence-electron chi connectivity index (χ4n) is 0.691. The highest BCUT2D eigenvalue weighted by Gasteiger charge is 1.99. The monoisotopic (exact) mass is 141 g/mol. The third-order valence-electron chi connectivity index (χ3n) is 1.19. The van der Waals surface area contributed by atoms with Gasteiger partial charge >= 0.3 is 0 Å². The fourth-order valence-corrected chi connectivity index (χ4v) is 0.691. The van der Waals surface area contributed by atoms with Gasteiger partial charge in [0, 0.05) is 0 Å². The van der Waals surface area contributed by atoms with E-state index in [4.69, 9.17) is 10.8 Å². The molecule has 0 aliphatic carbocycles. The lowest BCUT2D eigenvalue weighted by Gasteiger charge is -2.02. The van der Waals surface area contributed by atoms with Gasteiger partial charge in [-0.15, -0.1) is 0 Å². The molecule has 1 rings (SSSR count). The largest absolute Gasteiger partial charge is 0.375 e. The van der Waals surface area contributed by atoms with Crippen molar-refractivity contribution in [2.45, 2.75) is 6.23 Å². The summed E-state index contributed by atoms with van der Waals surface area (Å²) < 4.78 is 12.4. The van der Waals surface area contributed by atoms with Crippen LogP contribution in [0.5, 0.6) is 0 Å². The SMILES string of the molecule is N[C@H](O)c1cccc(F)c1. The number of aliphatic hydroxyl groups is 1. The van der Waals surface area contributed by atoms with Crippen LogP contribution < -0.4 is 5.73 Å². The van der Waals surface area contributed by atoms with Crippen molar-refractivity contribution in [1.29, 1.82) is 0 Å². The molecular weight excluding hydrogens is 133 g/mol. The van der Waals surface area contributed by atoms with Crippen LogP contribution in [0.3, 0.4) is 0 Å². The summed E-state index contributed by atoms with van der Waals surface area (Å²) in [4.78, 5) is 0. The second-order valence-corrected chi connectivity index (χ2v) is 2.00. The molecular formula is C7H8FNO. The van der Waals surface area contributed by atoms with Gasteiger partial charge in [0.1, 0.15) is 12.0 Å². The molecule has 10 heavy (non-hydrogen) atoms. The Morgan fingerprint density at radius 2 is 2.20 bits per heavy atom. The van der Waals surface area contributed by atoms with E-state index in [1.54, 1.807) is 6.07 Å². The summed E-state index contributed by atoms with van der Waals surface area (Å²) in [5.74, 6) is -0.387. The number of hydrogen-bond donors (Lipinski definition) is 2. The van der Waals surface area contributed by atoms with Gasteiger partial charge in [0.05, 0.1) is 0 Å². The van der Waals surface area contributed by atoms with Crippen LogP contribution >= 0.6 is 0 Å². The second kappa shape index (κ2) is 2.77. The topological polar surface area (TPSA) is 46.2 Å². The molecule has 3 heteroatoms. The normalized spacial score (nSPS) is 13.1. The summed E-state index contributed by atoms with van der Waals surface area (Å²) >= 11 is 0. The molecule has 1 atom stereocenters. The van der Waals surface area contributed by atoms with Crippen molar-refractivity contribution in [3.05, 3.63) is 35.6 Å². The molecule has 0 aliphatic heterocycles. The fraction of sp³-hybridized carbons (Fsp3) is 0.143. The van der Waals surface area contributed by atoms with Crippen LogP contribution in [0.1, 0.15) is 11.8 Å². The highest BCUT2D eigenvalue weighted by molar-refractivity contribution is 5.17. The van der Waals surface area contributed by atoms with Gasteiger partial charge in [0.25, 0.3) is 0 Å². The molecule has 1 aromatic carbocycles. The van der Waals surface area contributed by atoms with E-state index in [1.165, 1.54) is 18.2 Å². The lowest BCUT2D eigenvalue weighted by molar-refractivity contribution is 0.186. The predicted molar refractivity (Wildman–Crippen MR) is 35.5 cm³/mol. The first-order valence-corrected chi connectivity index (χ1v) is 2.89. The van der Waals surface area contributed by atoms with Gasteiger partial charge in [0.15, 0.2) is 0 Å². The molecule has 0 amide bonds. The van der Waals surface area contributed by atoms with Gasteiger partial charge in [-0.05, 0) is 17.7 Å². The first-order chi connectivity index (χ1) is 4.70. The quantitative estimate of drug-likeness (QED) is 0.567. The highest BCUT2D eigenvalue weighted by atomic mass is 19.1. The van der Waals surface area contributed by atoms with Gasteiger partial charge in [-0.1, -0.05) is 12.1 Å². The van der Waals surface area contributed by atoms with Gasteiger partial charge in [-0.2, -0.15) is 0 Å². The number of halogens is 1. The van der Waals surface area contributed by atoms with Gasteiger partial charge in [-0.3, -0.25) is 0 Å². The number of benzene rings is 1. The number of rotatable bonds is 1. The Balaban J connectivity index is 2.96. The van der Waals surface area contributed by atoms with Crippen LogP contribution in [0.2, 0.25) is 0 Å². The molecule has 0 saturated carbocycles. The molecule has 0 aromatic heterocycles. The Kier molecular flexibility index (Phi) is 1.99. The zero-order valence-electron chi connectivity index (χ0n) is 5.29. The lowest BCUT2D eigenvalue weighted by atomic mass is 10.2. The third-order valence-corrected chi connectivity index (χ3v) is 1.19. The van der Waals surface area contributed by atoms with Gasteiger partial charge in [-0.25, -0.2) is 4.39 Å². The zero-order valence-corrected chi connectivity index (χ0v) is 5.29.